The van der Waals surface area contributed by atoms with E-state index in [1.165, 1.54) is 0 Å². The normalized spacial score (nSPS) is 5.80. The van der Waals surface area contributed by atoms with Gasteiger partial charge in [-0.2, -0.15) is 8.42 Å². The third-order valence-corrected chi connectivity index (χ3v) is 0. The van der Waals surface area contributed by atoms with Crippen LogP contribution in [-0.4, -0.2) is 17.5 Å². The van der Waals surface area contributed by atoms with E-state index in [2.05, 4.69) is 0 Å². The molecule has 0 saturated carbocycles. The van der Waals surface area contributed by atoms with Crippen LogP contribution in [0.5, 0.6) is 0 Å². The Hall–Kier alpha value is 0.229. The van der Waals surface area contributed by atoms with Crippen LogP contribution in [0.25, 0.3) is 0 Å². The van der Waals surface area contributed by atoms with Gasteiger partial charge < -0.3 is 24.6 Å². The second-order valence-corrected chi connectivity index (χ2v) is 1.34. The SMILES string of the molecule is N.N.N.N.O=S(=O)(O)O.[Cu]. The molecule has 0 aromatic rings. The molecule has 0 saturated heterocycles. The van der Waals surface area contributed by atoms with Crippen molar-refractivity contribution in [3.05, 3.63) is 0 Å². The first-order valence-corrected chi connectivity index (χ1v) is 2.10. The molecule has 0 aromatic heterocycles. The summed E-state index contributed by atoms with van der Waals surface area (Å²) in [4.78, 5) is 0. The van der Waals surface area contributed by atoms with Gasteiger partial charge in [-0.1, -0.05) is 0 Å². The van der Waals surface area contributed by atoms with Crippen LogP contribution in [0.3, 0.4) is 0 Å². The Labute approximate surface area is 70.1 Å². The summed E-state index contributed by atoms with van der Waals surface area (Å²) in [5.74, 6) is 0. The van der Waals surface area contributed by atoms with E-state index in [4.69, 9.17) is 17.5 Å². The topological polar surface area (TPSA) is 215 Å². The molecule has 0 unspecified atom stereocenters. The summed E-state index contributed by atoms with van der Waals surface area (Å²) in [6, 6.07) is 0. The summed E-state index contributed by atoms with van der Waals surface area (Å²) in [5.41, 5.74) is 0. The Bertz CT molecular complexity index is 100. The van der Waals surface area contributed by atoms with Gasteiger partial charge in [-0.05, 0) is 0 Å². The van der Waals surface area contributed by atoms with Crippen LogP contribution in [0.1, 0.15) is 0 Å². The van der Waals surface area contributed by atoms with Gasteiger partial charge in [0.15, 0.2) is 0 Å². The molecule has 0 atom stereocenters. The largest absolute Gasteiger partial charge is 0.394 e. The predicted molar refractivity (Wildman–Crippen MR) is 34.3 cm³/mol. The fourth-order valence-electron chi connectivity index (χ4n) is 0. The van der Waals surface area contributed by atoms with E-state index >= 15 is 0 Å². The maximum atomic E-state index is 8.74. The maximum absolute atomic E-state index is 8.74. The Kier molecular flexibility index (Phi) is 78.5. The molecule has 0 aliphatic carbocycles. The molecule has 75 valence electrons. The minimum atomic E-state index is -4.67. The molecular formula is H14CuN4O4S. The Morgan fingerprint density at radius 3 is 0.800 bits per heavy atom. The molecule has 0 heterocycles. The van der Waals surface area contributed by atoms with Crippen molar-refractivity contribution in [1.82, 2.24) is 24.6 Å². The molecule has 8 nitrogen and oxygen atoms in total. The molecule has 0 spiro atoms. The third-order valence-electron chi connectivity index (χ3n) is 0. The van der Waals surface area contributed by atoms with Gasteiger partial charge in [0.2, 0.25) is 0 Å². The van der Waals surface area contributed by atoms with E-state index in [1.54, 1.807) is 0 Å². The van der Waals surface area contributed by atoms with Crippen molar-refractivity contribution < 1.29 is 34.6 Å². The predicted octanol–water partition coefficient (Wildman–Crippen LogP) is -0.00730. The zero-order valence-electron chi connectivity index (χ0n) is 5.25. The average Bonchev–Trinajstić information content (AvgIpc) is 0.722. The number of hydrogen-bond acceptors (Lipinski definition) is 6. The van der Waals surface area contributed by atoms with E-state index < -0.39 is 10.4 Å². The standard InChI is InChI=1S/Cu.4H3N.H2O4S/c;;;;;1-5(2,3)4/h;4*1H3;(H2,1,2,3,4). The molecule has 0 aromatic carbocycles. The fraction of sp³-hybridized carbons (Fsp3) is 0. The molecule has 10 heteroatoms. The number of hydrogen-bond donors (Lipinski definition) is 6. The van der Waals surface area contributed by atoms with Crippen LogP contribution < -0.4 is 24.6 Å². The Morgan fingerprint density at radius 2 is 0.800 bits per heavy atom. The molecule has 14 N–H and O–H groups in total. The Morgan fingerprint density at radius 1 is 0.800 bits per heavy atom. The zero-order chi connectivity index (χ0) is 4.50. The van der Waals surface area contributed by atoms with Gasteiger partial charge in [-0.3, -0.25) is 9.11 Å². The molecular weight excluding hydrogens is 216 g/mol. The van der Waals surface area contributed by atoms with Crippen LogP contribution in [0.15, 0.2) is 0 Å². The van der Waals surface area contributed by atoms with Crippen molar-refractivity contribution in [2.75, 3.05) is 0 Å². The van der Waals surface area contributed by atoms with E-state index in [0.29, 0.717) is 0 Å². The molecule has 0 fully saturated rings. The summed E-state index contributed by atoms with van der Waals surface area (Å²) < 4.78 is 31.6. The first-order chi connectivity index (χ1) is 2.00. The van der Waals surface area contributed by atoms with Crippen LogP contribution in [0.2, 0.25) is 0 Å². The first kappa shape index (κ1) is 48.7. The second-order valence-electron chi connectivity index (χ2n) is 0.448. The van der Waals surface area contributed by atoms with Crippen molar-refractivity contribution in [2.45, 2.75) is 0 Å². The summed E-state index contributed by atoms with van der Waals surface area (Å²) in [6.45, 7) is 0. The maximum Gasteiger partial charge on any atom is 0.394 e. The van der Waals surface area contributed by atoms with Crippen LogP contribution >= 0.6 is 0 Å². The van der Waals surface area contributed by atoms with E-state index in [-0.39, 0.29) is 41.7 Å². The zero-order valence-corrected chi connectivity index (χ0v) is 7.01. The quantitative estimate of drug-likeness (QED) is 0.245. The molecule has 0 bridgehead atoms. The van der Waals surface area contributed by atoms with Gasteiger partial charge in [-0.15, -0.1) is 0 Å². The van der Waals surface area contributed by atoms with Gasteiger partial charge in [0.1, 0.15) is 0 Å². The van der Waals surface area contributed by atoms with Crippen LogP contribution in [0, 0.1) is 0 Å². The molecule has 0 amide bonds. The van der Waals surface area contributed by atoms with Gasteiger partial charge >= 0.3 is 10.4 Å². The summed E-state index contributed by atoms with van der Waals surface area (Å²) in [7, 11) is -4.67. The molecule has 0 aliphatic rings. The van der Waals surface area contributed by atoms with Gasteiger partial charge in [-0.25, -0.2) is 0 Å². The molecule has 10 heavy (non-hydrogen) atoms. The minimum absolute atomic E-state index is 0. The molecule has 0 rings (SSSR count). The van der Waals surface area contributed by atoms with Gasteiger partial charge in [0.05, 0.1) is 0 Å². The minimum Gasteiger partial charge on any atom is -0.344 e. The molecule has 1 radical (unpaired) electrons. The van der Waals surface area contributed by atoms with Crippen molar-refractivity contribution in [3.63, 3.8) is 0 Å². The van der Waals surface area contributed by atoms with Crippen molar-refractivity contribution in [2.24, 2.45) is 0 Å². The first-order valence-electron chi connectivity index (χ1n) is 0.698. The monoisotopic (exact) mass is 229 g/mol. The van der Waals surface area contributed by atoms with Crippen molar-refractivity contribution in [3.8, 4) is 0 Å². The third kappa shape index (κ3) is 8170. The van der Waals surface area contributed by atoms with Gasteiger partial charge in [0.25, 0.3) is 0 Å². The van der Waals surface area contributed by atoms with E-state index in [1.807, 2.05) is 0 Å². The number of rotatable bonds is 0. The van der Waals surface area contributed by atoms with Crippen LogP contribution in [-0.2, 0) is 27.5 Å². The fourth-order valence-corrected chi connectivity index (χ4v) is 0. The summed E-state index contributed by atoms with van der Waals surface area (Å²) >= 11 is 0. The van der Waals surface area contributed by atoms with Crippen molar-refractivity contribution >= 4 is 10.4 Å². The average molecular weight is 230 g/mol. The van der Waals surface area contributed by atoms with Crippen molar-refractivity contribution in [1.29, 1.82) is 0 Å². The smallest absolute Gasteiger partial charge is 0.344 e. The van der Waals surface area contributed by atoms with E-state index in [9.17, 15) is 0 Å². The second kappa shape index (κ2) is 16.1. The summed E-state index contributed by atoms with van der Waals surface area (Å²) in [5, 5.41) is 0. The van der Waals surface area contributed by atoms with Gasteiger partial charge in [0, 0.05) is 17.1 Å². The summed E-state index contributed by atoms with van der Waals surface area (Å²) in [6.07, 6.45) is 0. The molecule has 0 aliphatic heterocycles. The van der Waals surface area contributed by atoms with Crippen LogP contribution in [0.4, 0.5) is 0 Å². The van der Waals surface area contributed by atoms with E-state index in [0.717, 1.165) is 0 Å². The Balaban J connectivity index is -0.00000000800.